The molecule has 5 nitrogen and oxygen atoms in total. The minimum Gasteiger partial charge on any atom is -0.377 e. The Labute approximate surface area is 112 Å². The van der Waals surface area contributed by atoms with Crippen molar-refractivity contribution in [3.8, 4) is 0 Å². The lowest BCUT2D eigenvalue weighted by Crippen LogP contribution is -2.07. The van der Waals surface area contributed by atoms with E-state index in [1.54, 1.807) is 6.20 Å². The summed E-state index contributed by atoms with van der Waals surface area (Å²) in [6.07, 6.45) is 2.02. The number of pyridine rings is 1. The summed E-state index contributed by atoms with van der Waals surface area (Å²) >= 11 is 0. The van der Waals surface area contributed by atoms with Gasteiger partial charge in [-0.1, -0.05) is 18.2 Å². The summed E-state index contributed by atoms with van der Waals surface area (Å²) in [6.45, 7) is 0.663. The number of nitrogens with zero attached hydrogens (tertiary/aromatic N) is 1. The van der Waals surface area contributed by atoms with E-state index >= 15 is 0 Å². The summed E-state index contributed by atoms with van der Waals surface area (Å²) in [6, 6.07) is 9.78. The van der Waals surface area contributed by atoms with Gasteiger partial charge in [-0.05, 0) is 24.1 Å². The molecule has 1 aromatic heterocycles. The average molecular weight is 281 g/mol. The molecule has 0 radical (unpaired) electrons. The highest BCUT2D eigenvalue weighted by Crippen LogP contribution is 2.13. The Morgan fingerprint density at radius 1 is 1.26 bits per heavy atom. The second kappa shape index (κ2) is 6.10. The lowest BCUT2D eigenvalue weighted by molar-refractivity contribution is 0.121. The summed E-state index contributed by atoms with van der Waals surface area (Å²) in [5, 5.41) is 1.04. The Morgan fingerprint density at radius 2 is 2.05 bits per heavy atom. The summed E-state index contributed by atoms with van der Waals surface area (Å²) < 4.78 is 34.9. The Bertz CT molecular complexity index is 654. The molecule has 0 unspecified atom stereocenters. The molecule has 0 saturated carbocycles. The zero-order valence-electron chi connectivity index (χ0n) is 10.3. The Balaban J connectivity index is 1.85. The third kappa shape index (κ3) is 4.59. The number of benzene rings is 1. The van der Waals surface area contributed by atoms with Crippen molar-refractivity contribution in [2.75, 3.05) is 12.4 Å². The number of fused-ring (bicyclic) bond motifs is 1. The number of aromatic nitrogens is 1. The molecule has 0 fully saturated rings. The first kappa shape index (κ1) is 13.9. The normalized spacial score (nSPS) is 11.8. The van der Waals surface area contributed by atoms with Crippen molar-refractivity contribution in [1.29, 1.82) is 0 Å². The van der Waals surface area contributed by atoms with Crippen LogP contribution >= 0.6 is 0 Å². The van der Waals surface area contributed by atoms with Crippen LogP contribution in [0.1, 0.15) is 12.0 Å². The standard InChI is InChI=1S/C13H15NO4S/c15-19(16,17)7-3-6-18-10-11-8-12-4-1-2-5-13(12)14-9-11/h1-2,4-5,8-9H,3,6-7,10H2,(H,15,16,17). The van der Waals surface area contributed by atoms with E-state index in [4.69, 9.17) is 9.29 Å². The highest BCUT2D eigenvalue weighted by atomic mass is 32.2. The van der Waals surface area contributed by atoms with E-state index in [9.17, 15) is 8.42 Å². The van der Waals surface area contributed by atoms with E-state index in [-0.39, 0.29) is 18.8 Å². The molecule has 0 bridgehead atoms. The van der Waals surface area contributed by atoms with Crippen LogP contribution in [0.3, 0.4) is 0 Å². The van der Waals surface area contributed by atoms with Crippen LogP contribution in [0.5, 0.6) is 0 Å². The molecule has 1 aromatic carbocycles. The van der Waals surface area contributed by atoms with E-state index in [0.717, 1.165) is 16.5 Å². The van der Waals surface area contributed by atoms with E-state index in [1.165, 1.54) is 0 Å². The van der Waals surface area contributed by atoms with Crippen LogP contribution in [-0.2, 0) is 21.5 Å². The van der Waals surface area contributed by atoms with Crippen LogP contribution in [0, 0.1) is 0 Å². The summed E-state index contributed by atoms with van der Waals surface area (Å²) in [5.74, 6) is -0.275. The molecule has 102 valence electrons. The fraction of sp³-hybridized carbons (Fsp3) is 0.308. The van der Waals surface area contributed by atoms with Crippen LogP contribution in [0.4, 0.5) is 0 Å². The van der Waals surface area contributed by atoms with Crippen LogP contribution in [0.2, 0.25) is 0 Å². The van der Waals surface area contributed by atoms with Gasteiger partial charge in [-0.15, -0.1) is 0 Å². The highest BCUT2D eigenvalue weighted by molar-refractivity contribution is 7.85. The molecule has 0 aliphatic heterocycles. The molecule has 1 heterocycles. The molecule has 2 aromatic rings. The second-order valence-corrected chi connectivity index (χ2v) is 5.80. The van der Waals surface area contributed by atoms with Crippen LogP contribution in [0.25, 0.3) is 10.9 Å². The van der Waals surface area contributed by atoms with E-state index in [0.29, 0.717) is 6.61 Å². The zero-order chi connectivity index (χ0) is 13.7. The first-order chi connectivity index (χ1) is 9.04. The number of hydrogen-bond donors (Lipinski definition) is 1. The second-order valence-electron chi connectivity index (χ2n) is 4.23. The summed E-state index contributed by atoms with van der Waals surface area (Å²) in [7, 11) is -3.89. The van der Waals surface area contributed by atoms with Crippen molar-refractivity contribution in [2.45, 2.75) is 13.0 Å². The molecule has 0 aliphatic rings. The predicted octanol–water partition coefficient (Wildman–Crippen LogP) is 2.03. The molecular weight excluding hydrogens is 266 g/mol. The third-order valence-corrected chi connectivity index (χ3v) is 3.41. The highest BCUT2D eigenvalue weighted by Gasteiger charge is 2.03. The Hall–Kier alpha value is -1.50. The molecule has 19 heavy (non-hydrogen) atoms. The van der Waals surface area contributed by atoms with Crippen molar-refractivity contribution in [3.63, 3.8) is 0 Å². The summed E-state index contributed by atoms with van der Waals surface area (Å²) in [5.41, 5.74) is 1.86. The maximum Gasteiger partial charge on any atom is 0.264 e. The van der Waals surface area contributed by atoms with Gasteiger partial charge in [0.25, 0.3) is 10.1 Å². The van der Waals surface area contributed by atoms with E-state index in [2.05, 4.69) is 4.98 Å². The topological polar surface area (TPSA) is 76.5 Å². The van der Waals surface area contributed by atoms with Gasteiger partial charge in [0, 0.05) is 18.2 Å². The average Bonchev–Trinajstić information content (AvgIpc) is 2.37. The van der Waals surface area contributed by atoms with Crippen molar-refractivity contribution >= 4 is 21.0 Å². The minimum atomic E-state index is -3.89. The lowest BCUT2D eigenvalue weighted by Gasteiger charge is -2.04. The molecule has 0 amide bonds. The predicted molar refractivity (Wildman–Crippen MR) is 72.4 cm³/mol. The van der Waals surface area contributed by atoms with Gasteiger partial charge in [0.1, 0.15) is 0 Å². The third-order valence-electron chi connectivity index (χ3n) is 2.61. The van der Waals surface area contributed by atoms with Gasteiger partial charge in [0.15, 0.2) is 0 Å². The smallest absolute Gasteiger partial charge is 0.264 e. The van der Waals surface area contributed by atoms with E-state index < -0.39 is 10.1 Å². The van der Waals surface area contributed by atoms with Crippen LogP contribution < -0.4 is 0 Å². The minimum absolute atomic E-state index is 0.275. The largest absolute Gasteiger partial charge is 0.377 e. The number of para-hydroxylation sites is 1. The fourth-order valence-corrected chi connectivity index (χ4v) is 2.21. The van der Waals surface area contributed by atoms with Crippen molar-refractivity contribution in [3.05, 3.63) is 42.1 Å². The van der Waals surface area contributed by atoms with Gasteiger partial charge in [-0.2, -0.15) is 8.42 Å². The fourth-order valence-electron chi connectivity index (χ4n) is 1.73. The van der Waals surface area contributed by atoms with Gasteiger partial charge >= 0.3 is 0 Å². The lowest BCUT2D eigenvalue weighted by atomic mass is 10.2. The number of hydrogen-bond acceptors (Lipinski definition) is 4. The Kier molecular flexibility index (Phi) is 4.47. The van der Waals surface area contributed by atoms with Gasteiger partial charge in [0.2, 0.25) is 0 Å². The van der Waals surface area contributed by atoms with Gasteiger partial charge in [-0.3, -0.25) is 9.54 Å². The van der Waals surface area contributed by atoms with E-state index in [1.807, 2.05) is 30.3 Å². The maximum atomic E-state index is 10.5. The molecule has 0 saturated heterocycles. The molecule has 2 rings (SSSR count). The molecular formula is C13H15NO4S. The van der Waals surface area contributed by atoms with Crippen molar-refractivity contribution < 1.29 is 17.7 Å². The molecule has 1 N–H and O–H groups in total. The first-order valence-electron chi connectivity index (χ1n) is 5.91. The van der Waals surface area contributed by atoms with Gasteiger partial charge in [-0.25, -0.2) is 0 Å². The van der Waals surface area contributed by atoms with Crippen molar-refractivity contribution in [2.24, 2.45) is 0 Å². The number of rotatable bonds is 6. The van der Waals surface area contributed by atoms with Crippen LogP contribution in [-0.4, -0.2) is 30.3 Å². The zero-order valence-corrected chi connectivity index (χ0v) is 11.1. The van der Waals surface area contributed by atoms with Gasteiger partial charge in [0.05, 0.1) is 17.9 Å². The van der Waals surface area contributed by atoms with Gasteiger partial charge < -0.3 is 4.74 Å². The Morgan fingerprint density at radius 3 is 2.84 bits per heavy atom. The summed E-state index contributed by atoms with van der Waals surface area (Å²) in [4.78, 5) is 4.30. The van der Waals surface area contributed by atoms with Crippen LogP contribution in [0.15, 0.2) is 36.5 Å². The monoisotopic (exact) mass is 281 g/mol. The molecule has 0 spiro atoms. The van der Waals surface area contributed by atoms with Crippen molar-refractivity contribution in [1.82, 2.24) is 4.98 Å². The molecule has 6 heteroatoms. The molecule has 0 atom stereocenters. The first-order valence-corrected chi connectivity index (χ1v) is 7.52. The molecule has 0 aliphatic carbocycles. The SMILES string of the molecule is O=S(=O)(O)CCCOCc1cnc2ccccc2c1. The quantitative estimate of drug-likeness (QED) is 0.647. The number of ether oxygens (including phenoxy) is 1. The maximum absolute atomic E-state index is 10.5.